The van der Waals surface area contributed by atoms with Gasteiger partial charge in [0.25, 0.3) is 0 Å². The Morgan fingerprint density at radius 3 is 1.40 bits per heavy atom. The maximum absolute atomic E-state index is 5.25. The summed E-state index contributed by atoms with van der Waals surface area (Å²) in [5.41, 5.74) is 14.0. The molecule has 5 heteroatoms. The van der Waals surface area contributed by atoms with Gasteiger partial charge < -0.3 is 0 Å². The molecule has 0 amide bonds. The SMILES string of the molecule is Cc1cc(C)c(-c2cc3c4c(c2)n2c5cc6ccccc6cc5nc2n4c2nc4cc5ccccc5cc4n32)c(C)c1. The largest absolute Gasteiger partial charge is 0.276 e. The van der Waals surface area contributed by atoms with Crippen LogP contribution in [0.25, 0.3) is 82.8 Å². The van der Waals surface area contributed by atoms with E-state index in [1.165, 1.54) is 49.4 Å². The van der Waals surface area contributed by atoms with Gasteiger partial charge in [0.05, 0.1) is 33.1 Å². The minimum atomic E-state index is 0.893. The maximum atomic E-state index is 5.25. The number of rotatable bonds is 1. The van der Waals surface area contributed by atoms with Crippen LogP contribution in [0.2, 0.25) is 0 Å². The van der Waals surface area contributed by atoms with Gasteiger partial charge in [-0.3, -0.25) is 8.80 Å². The highest BCUT2D eigenvalue weighted by Gasteiger charge is 2.25. The second-order valence-electron chi connectivity index (χ2n) is 11.8. The van der Waals surface area contributed by atoms with Crippen molar-refractivity contribution in [3.63, 3.8) is 0 Å². The number of benzene rings is 6. The molecule has 0 radical (unpaired) electrons. The highest BCUT2D eigenvalue weighted by molar-refractivity contribution is 6.08. The molecule has 0 N–H and O–H groups in total. The third-order valence-corrected chi connectivity index (χ3v) is 9.15. The Morgan fingerprint density at radius 1 is 0.476 bits per heavy atom. The number of hydrogen-bond acceptors (Lipinski definition) is 2. The molecule has 0 fully saturated rings. The molecule has 4 aromatic heterocycles. The molecule has 10 aromatic rings. The predicted octanol–water partition coefficient (Wildman–Crippen LogP) is 9.03. The maximum Gasteiger partial charge on any atom is 0.223 e. The Bertz CT molecular complexity index is 2590. The third-order valence-electron chi connectivity index (χ3n) is 9.15. The van der Waals surface area contributed by atoms with E-state index in [4.69, 9.17) is 9.97 Å². The summed E-state index contributed by atoms with van der Waals surface area (Å²) in [6.45, 7) is 6.62. The molecular formula is C37H25N5. The third kappa shape index (κ3) is 2.68. The summed E-state index contributed by atoms with van der Waals surface area (Å²) >= 11 is 0. The molecule has 0 unspecified atom stereocenters. The quantitative estimate of drug-likeness (QED) is 0.209. The number of hydrogen-bond donors (Lipinski definition) is 0. The van der Waals surface area contributed by atoms with E-state index in [2.05, 4.69) is 131 Å². The molecular weight excluding hydrogens is 514 g/mol. The molecule has 0 bridgehead atoms. The number of aryl methyl sites for hydroxylation is 3. The fourth-order valence-electron chi connectivity index (χ4n) is 7.52. The highest BCUT2D eigenvalue weighted by atomic mass is 15.3. The minimum Gasteiger partial charge on any atom is -0.276 e. The molecule has 0 atom stereocenters. The first-order valence-electron chi connectivity index (χ1n) is 14.4. The van der Waals surface area contributed by atoms with Gasteiger partial charge in [-0.2, -0.15) is 0 Å². The van der Waals surface area contributed by atoms with Gasteiger partial charge in [0.2, 0.25) is 11.6 Å². The lowest BCUT2D eigenvalue weighted by atomic mass is 9.93. The van der Waals surface area contributed by atoms with E-state index >= 15 is 0 Å². The number of nitrogens with zero attached hydrogens (tertiary/aromatic N) is 5. The first kappa shape index (κ1) is 22.3. The van der Waals surface area contributed by atoms with Crippen molar-refractivity contribution >= 4 is 71.7 Å². The molecule has 0 aliphatic rings. The van der Waals surface area contributed by atoms with Crippen LogP contribution < -0.4 is 0 Å². The van der Waals surface area contributed by atoms with Crippen molar-refractivity contribution in [2.24, 2.45) is 0 Å². The molecule has 0 saturated carbocycles. The lowest BCUT2D eigenvalue weighted by Gasteiger charge is -2.12. The summed E-state index contributed by atoms with van der Waals surface area (Å²) in [6.07, 6.45) is 0. The molecule has 10 rings (SSSR count). The second-order valence-corrected chi connectivity index (χ2v) is 11.8. The molecule has 6 aromatic carbocycles. The average molecular weight is 540 g/mol. The van der Waals surface area contributed by atoms with Crippen LogP contribution in [0.3, 0.4) is 0 Å². The summed E-state index contributed by atoms with van der Waals surface area (Å²) in [5.74, 6) is 1.79. The standard InChI is InChI=1S/C37H25N5/c1-20-12-21(2)34(22(3)13-20)27-18-32-35-33(19-27)41-31-17-26-11-7-5-9-24(26)15-29(31)39-37(41)42(35)36-38-28-14-23-8-4-6-10-25(23)16-30(28)40(32)36/h4-19H,1-3H3. The van der Waals surface area contributed by atoms with Crippen LogP contribution in [-0.4, -0.2) is 23.2 Å². The fourth-order valence-corrected chi connectivity index (χ4v) is 7.52. The van der Waals surface area contributed by atoms with Crippen molar-refractivity contribution in [2.75, 3.05) is 0 Å². The number of aromatic nitrogens is 5. The van der Waals surface area contributed by atoms with Gasteiger partial charge in [-0.1, -0.05) is 66.2 Å². The van der Waals surface area contributed by atoms with Crippen molar-refractivity contribution in [1.82, 2.24) is 23.2 Å². The summed E-state index contributed by atoms with van der Waals surface area (Å²) < 4.78 is 6.93. The van der Waals surface area contributed by atoms with Gasteiger partial charge in [-0.05, 0) is 101 Å². The molecule has 0 saturated heterocycles. The van der Waals surface area contributed by atoms with E-state index in [1.807, 2.05) is 0 Å². The molecule has 4 heterocycles. The van der Waals surface area contributed by atoms with E-state index in [-0.39, 0.29) is 0 Å². The van der Waals surface area contributed by atoms with Crippen molar-refractivity contribution < 1.29 is 0 Å². The molecule has 0 spiro atoms. The monoisotopic (exact) mass is 539 g/mol. The van der Waals surface area contributed by atoms with Crippen LogP contribution in [0.4, 0.5) is 0 Å². The van der Waals surface area contributed by atoms with Crippen LogP contribution in [0, 0.1) is 20.8 Å². The van der Waals surface area contributed by atoms with Crippen molar-refractivity contribution in [2.45, 2.75) is 20.8 Å². The lowest BCUT2D eigenvalue weighted by Crippen LogP contribution is -1.92. The Balaban J connectivity index is 1.46. The second kappa shape index (κ2) is 7.45. The topological polar surface area (TPSA) is 39.0 Å². The molecule has 198 valence electrons. The van der Waals surface area contributed by atoms with E-state index < -0.39 is 0 Å². The zero-order chi connectivity index (χ0) is 27.9. The Morgan fingerprint density at radius 2 is 0.929 bits per heavy atom. The van der Waals surface area contributed by atoms with Gasteiger partial charge in [0.1, 0.15) is 5.52 Å². The first-order valence-corrected chi connectivity index (χ1v) is 14.4. The van der Waals surface area contributed by atoms with E-state index in [9.17, 15) is 0 Å². The van der Waals surface area contributed by atoms with E-state index in [0.29, 0.717) is 0 Å². The van der Waals surface area contributed by atoms with E-state index in [1.54, 1.807) is 0 Å². The fraction of sp³-hybridized carbons (Fsp3) is 0.0811. The van der Waals surface area contributed by atoms with Crippen LogP contribution >= 0.6 is 0 Å². The van der Waals surface area contributed by atoms with Gasteiger partial charge >= 0.3 is 0 Å². The molecule has 0 aliphatic carbocycles. The zero-order valence-electron chi connectivity index (χ0n) is 23.5. The van der Waals surface area contributed by atoms with Crippen LogP contribution in [-0.2, 0) is 0 Å². The number of fused-ring (bicyclic) bond motifs is 12. The molecule has 0 aliphatic heterocycles. The number of imidazole rings is 4. The highest BCUT2D eigenvalue weighted by Crippen LogP contribution is 2.40. The Labute approximate surface area is 240 Å². The summed E-state index contributed by atoms with van der Waals surface area (Å²) in [6, 6.07) is 35.3. The Kier molecular flexibility index (Phi) is 3.95. The van der Waals surface area contributed by atoms with Gasteiger partial charge in [0.15, 0.2) is 0 Å². The smallest absolute Gasteiger partial charge is 0.223 e. The minimum absolute atomic E-state index is 0.893. The first-order chi connectivity index (χ1) is 20.5. The normalized spacial score (nSPS) is 12.6. The van der Waals surface area contributed by atoms with Gasteiger partial charge in [-0.15, -0.1) is 0 Å². The van der Waals surface area contributed by atoms with Crippen molar-refractivity contribution in [3.05, 3.63) is 114 Å². The predicted molar refractivity (Wildman–Crippen MR) is 173 cm³/mol. The Hall–Kier alpha value is -5.42. The van der Waals surface area contributed by atoms with Crippen LogP contribution in [0.5, 0.6) is 0 Å². The molecule has 42 heavy (non-hydrogen) atoms. The van der Waals surface area contributed by atoms with Crippen LogP contribution in [0.15, 0.2) is 97.1 Å². The summed E-state index contributed by atoms with van der Waals surface area (Å²) in [5, 5.41) is 4.82. The van der Waals surface area contributed by atoms with Crippen molar-refractivity contribution in [1.29, 1.82) is 0 Å². The van der Waals surface area contributed by atoms with Crippen molar-refractivity contribution in [3.8, 4) is 11.1 Å². The summed E-state index contributed by atoms with van der Waals surface area (Å²) in [7, 11) is 0. The van der Waals surface area contributed by atoms with Gasteiger partial charge in [0, 0.05) is 0 Å². The lowest BCUT2D eigenvalue weighted by molar-refractivity contribution is 1.15. The molecule has 5 nitrogen and oxygen atoms in total. The van der Waals surface area contributed by atoms with Gasteiger partial charge in [-0.25, -0.2) is 14.4 Å². The van der Waals surface area contributed by atoms with Crippen LogP contribution in [0.1, 0.15) is 16.7 Å². The van der Waals surface area contributed by atoms with E-state index in [0.717, 1.165) is 50.2 Å². The zero-order valence-corrected chi connectivity index (χ0v) is 23.5. The average Bonchev–Trinajstić information content (AvgIpc) is 3.69. The summed E-state index contributed by atoms with van der Waals surface area (Å²) in [4.78, 5) is 10.5.